The molecule has 0 radical (unpaired) electrons. The van der Waals surface area contributed by atoms with Gasteiger partial charge in [0.05, 0.1) is 18.8 Å². The van der Waals surface area contributed by atoms with Crippen LogP contribution in [0.2, 0.25) is 0 Å². The maximum absolute atomic E-state index is 12.9. The molecular weight excluding hydrogens is 516 g/mol. The molecule has 4 atom stereocenters. The summed E-state index contributed by atoms with van der Waals surface area (Å²) >= 11 is 1.84. The van der Waals surface area contributed by atoms with Gasteiger partial charge in [-0.3, -0.25) is 9.80 Å². The molecule has 2 aromatic rings. The smallest absolute Gasteiger partial charge is 0.414 e. The van der Waals surface area contributed by atoms with Gasteiger partial charge in [0, 0.05) is 36.9 Å². The van der Waals surface area contributed by atoms with Gasteiger partial charge in [-0.2, -0.15) is 0 Å². The highest BCUT2D eigenvalue weighted by atomic mass is 32.1. The third-order valence-corrected chi connectivity index (χ3v) is 8.51. The Bertz CT molecular complexity index is 1020. The summed E-state index contributed by atoms with van der Waals surface area (Å²) < 4.78 is 17.3. The molecule has 1 aromatic heterocycles. The van der Waals surface area contributed by atoms with E-state index in [9.17, 15) is 15.0 Å². The lowest BCUT2D eigenvalue weighted by atomic mass is 9.86. The fourth-order valence-electron chi connectivity index (χ4n) is 5.63. The number of nitrogens with zero attached hydrogens (tertiary/aromatic N) is 2. The summed E-state index contributed by atoms with van der Waals surface area (Å²) in [5.41, 5.74) is 2.56. The molecule has 2 heterocycles. The number of thiophene rings is 1. The van der Waals surface area contributed by atoms with Gasteiger partial charge in [-0.15, -0.1) is 11.3 Å². The zero-order valence-electron chi connectivity index (χ0n) is 23.3. The molecule has 0 spiro atoms. The van der Waals surface area contributed by atoms with Crippen LogP contribution in [0.1, 0.15) is 62.0 Å². The SMILES string of the molecule is CCCN(COc1cccc2c1CC[C@H](N(CCC)CCc1cccs1)C2)C(=O)O[C@H]1C[C@@H](O)C[C@@H](CO)O1. The Hall–Kier alpha value is -2.17. The van der Waals surface area contributed by atoms with Gasteiger partial charge < -0.3 is 24.4 Å². The zero-order chi connectivity index (χ0) is 27.6. The van der Waals surface area contributed by atoms with E-state index in [1.54, 1.807) is 0 Å². The molecule has 216 valence electrons. The van der Waals surface area contributed by atoms with Crippen molar-refractivity contribution in [2.24, 2.45) is 0 Å². The van der Waals surface area contributed by atoms with Crippen LogP contribution in [0.15, 0.2) is 35.7 Å². The van der Waals surface area contributed by atoms with Crippen molar-refractivity contribution in [2.75, 3.05) is 33.0 Å². The lowest BCUT2D eigenvalue weighted by molar-refractivity contribution is -0.201. The highest BCUT2D eigenvalue weighted by molar-refractivity contribution is 7.09. The van der Waals surface area contributed by atoms with Crippen molar-refractivity contribution in [2.45, 2.75) is 89.8 Å². The van der Waals surface area contributed by atoms with Crippen LogP contribution in [0.5, 0.6) is 5.75 Å². The first-order chi connectivity index (χ1) is 19.0. The van der Waals surface area contributed by atoms with Crippen molar-refractivity contribution < 1.29 is 29.2 Å². The van der Waals surface area contributed by atoms with Crippen LogP contribution in [0.25, 0.3) is 0 Å². The second-order valence-electron chi connectivity index (χ2n) is 10.6. The van der Waals surface area contributed by atoms with Gasteiger partial charge in [-0.1, -0.05) is 32.0 Å². The number of ether oxygens (including phenoxy) is 3. The average molecular weight is 561 g/mol. The van der Waals surface area contributed by atoms with Gasteiger partial charge in [0.15, 0.2) is 6.73 Å². The summed E-state index contributed by atoms with van der Waals surface area (Å²) in [6, 6.07) is 11.1. The molecule has 9 heteroatoms. The molecular formula is C30H44N2O6S. The summed E-state index contributed by atoms with van der Waals surface area (Å²) in [4.78, 5) is 18.6. The monoisotopic (exact) mass is 560 g/mol. The molecule has 8 nitrogen and oxygen atoms in total. The van der Waals surface area contributed by atoms with Gasteiger partial charge in [-0.25, -0.2) is 4.79 Å². The first kappa shape index (κ1) is 29.8. The fraction of sp³-hybridized carbons (Fsp3) is 0.633. The van der Waals surface area contributed by atoms with Crippen molar-refractivity contribution in [1.29, 1.82) is 0 Å². The summed E-state index contributed by atoms with van der Waals surface area (Å²) in [7, 11) is 0. The van der Waals surface area contributed by atoms with E-state index < -0.39 is 24.6 Å². The molecule has 1 aliphatic heterocycles. The summed E-state index contributed by atoms with van der Waals surface area (Å²) in [6.45, 7) is 6.77. The molecule has 2 aliphatic rings. The van der Waals surface area contributed by atoms with E-state index in [1.165, 1.54) is 20.9 Å². The minimum Gasteiger partial charge on any atom is -0.473 e. The molecule has 1 aromatic carbocycles. The first-order valence-corrected chi connectivity index (χ1v) is 15.3. The Balaban J connectivity index is 1.35. The van der Waals surface area contributed by atoms with E-state index in [2.05, 4.69) is 35.4 Å². The van der Waals surface area contributed by atoms with E-state index in [0.717, 1.165) is 57.4 Å². The van der Waals surface area contributed by atoms with Crippen molar-refractivity contribution in [3.8, 4) is 5.75 Å². The highest BCUT2D eigenvalue weighted by Gasteiger charge is 2.32. The van der Waals surface area contributed by atoms with Crippen LogP contribution in [0, 0.1) is 0 Å². The predicted octanol–water partition coefficient (Wildman–Crippen LogP) is 4.60. The number of amides is 1. The number of hydrogen-bond acceptors (Lipinski definition) is 8. The standard InChI is InChI=1S/C30H44N2O6S/c1-3-13-31(15-12-26-8-6-16-39-26)23-10-11-27-22(17-23)7-5-9-28(27)36-21-32(14-4-2)30(35)38-29-19-24(34)18-25(20-33)37-29/h5-9,16,23-25,29,33-34H,3-4,10-15,17-21H2,1-2H3/t23-,24-,25-,29-/m0/s1. The van der Waals surface area contributed by atoms with Crippen LogP contribution in [0.3, 0.4) is 0 Å². The molecule has 1 aliphatic carbocycles. The maximum Gasteiger partial charge on any atom is 0.414 e. The number of fused-ring (bicyclic) bond motifs is 1. The van der Waals surface area contributed by atoms with E-state index in [1.807, 2.05) is 30.4 Å². The Kier molecular flexibility index (Phi) is 11.5. The number of carbonyl (C=O) groups excluding carboxylic acids is 1. The third-order valence-electron chi connectivity index (χ3n) is 7.57. The number of hydrogen-bond donors (Lipinski definition) is 2. The molecule has 0 bridgehead atoms. The lowest BCUT2D eigenvalue weighted by Gasteiger charge is -2.36. The van der Waals surface area contributed by atoms with Gasteiger partial charge in [0.2, 0.25) is 6.29 Å². The molecule has 2 N–H and O–H groups in total. The largest absolute Gasteiger partial charge is 0.473 e. The second-order valence-corrected chi connectivity index (χ2v) is 11.6. The number of carbonyl (C=O) groups is 1. The topological polar surface area (TPSA) is 91.7 Å². The van der Waals surface area contributed by atoms with E-state index in [4.69, 9.17) is 14.2 Å². The second kappa shape index (κ2) is 15.0. The average Bonchev–Trinajstić information content (AvgIpc) is 3.46. The van der Waals surface area contributed by atoms with Crippen LogP contribution < -0.4 is 4.74 Å². The molecule has 4 rings (SSSR count). The number of rotatable bonds is 13. The third kappa shape index (κ3) is 8.41. The quantitative estimate of drug-likeness (QED) is 0.346. The Morgan fingerprint density at radius 1 is 1.13 bits per heavy atom. The van der Waals surface area contributed by atoms with E-state index >= 15 is 0 Å². The molecule has 0 unspecified atom stereocenters. The Morgan fingerprint density at radius 2 is 1.97 bits per heavy atom. The molecule has 1 amide bonds. The highest BCUT2D eigenvalue weighted by Crippen LogP contribution is 2.32. The van der Waals surface area contributed by atoms with Crippen molar-refractivity contribution in [3.63, 3.8) is 0 Å². The van der Waals surface area contributed by atoms with Gasteiger partial charge in [0.1, 0.15) is 5.75 Å². The predicted molar refractivity (Wildman–Crippen MR) is 152 cm³/mol. The van der Waals surface area contributed by atoms with Crippen molar-refractivity contribution >= 4 is 17.4 Å². The molecule has 1 saturated heterocycles. The zero-order valence-corrected chi connectivity index (χ0v) is 24.1. The number of aliphatic hydroxyl groups excluding tert-OH is 2. The Labute approximate surface area is 236 Å². The van der Waals surface area contributed by atoms with Crippen LogP contribution >= 0.6 is 11.3 Å². The summed E-state index contributed by atoms with van der Waals surface area (Å²) in [5, 5.41) is 21.6. The van der Waals surface area contributed by atoms with Crippen LogP contribution in [-0.4, -0.2) is 83.6 Å². The number of aliphatic hydroxyl groups is 2. The summed E-state index contributed by atoms with van der Waals surface area (Å²) in [6.07, 6.45) is 3.92. The number of benzene rings is 1. The lowest BCUT2D eigenvalue weighted by Crippen LogP contribution is -2.43. The molecule has 39 heavy (non-hydrogen) atoms. The van der Waals surface area contributed by atoms with Crippen LogP contribution in [0.4, 0.5) is 4.79 Å². The van der Waals surface area contributed by atoms with Crippen molar-refractivity contribution in [3.05, 3.63) is 51.7 Å². The van der Waals surface area contributed by atoms with Gasteiger partial charge in [-0.05, 0) is 73.7 Å². The normalized spacial score (nSPS) is 22.9. The van der Waals surface area contributed by atoms with E-state index in [0.29, 0.717) is 19.0 Å². The fourth-order valence-corrected chi connectivity index (χ4v) is 6.32. The van der Waals surface area contributed by atoms with Crippen molar-refractivity contribution in [1.82, 2.24) is 9.80 Å². The van der Waals surface area contributed by atoms with Crippen LogP contribution in [-0.2, 0) is 28.7 Å². The Morgan fingerprint density at radius 3 is 2.72 bits per heavy atom. The minimum absolute atomic E-state index is 0.0774. The van der Waals surface area contributed by atoms with E-state index in [-0.39, 0.29) is 19.8 Å². The molecule has 0 saturated carbocycles. The molecule has 1 fully saturated rings. The maximum atomic E-state index is 12.9. The first-order valence-electron chi connectivity index (χ1n) is 14.4. The van der Waals surface area contributed by atoms with Gasteiger partial charge >= 0.3 is 6.09 Å². The van der Waals surface area contributed by atoms with Gasteiger partial charge in [0.25, 0.3) is 0 Å². The summed E-state index contributed by atoms with van der Waals surface area (Å²) in [5.74, 6) is 0.824. The minimum atomic E-state index is -0.884.